The van der Waals surface area contributed by atoms with Crippen molar-refractivity contribution < 1.29 is 9.53 Å². The first-order valence-corrected chi connectivity index (χ1v) is 7.22. The minimum Gasteiger partial charge on any atom is -0.469 e. The summed E-state index contributed by atoms with van der Waals surface area (Å²) < 4.78 is 6.46. The van der Waals surface area contributed by atoms with Crippen LogP contribution in [0.5, 0.6) is 0 Å². The quantitative estimate of drug-likeness (QED) is 0.814. The first kappa shape index (κ1) is 14.3. The number of nitriles is 1. The average molecular weight is 296 g/mol. The van der Waals surface area contributed by atoms with Crippen LogP contribution in [0, 0.1) is 16.7 Å². The van der Waals surface area contributed by atoms with Gasteiger partial charge in [-0.25, -0.2) is 0 Å². The largest absolute Gasteiger partial charge is 0.469 e. The van der Waals surface area contributed by atoms with Gasteiger partial charge < -0.3 is 9.30 Å². The van der Waals surface area contributed by atoms with Crippen molar-refractivity contribution in [1.82, 2.24) is 4.57 Å². The van der Waals surface area contributed by atoms with Crippen LogP contribution in [0.4, 0.5) is 0 Å². The van der Waals surface area contributed by atoms with E-state index in [9.17, 15) is 14.9 Å². The molecule has 2 aromatic rings. The SMILES string of the molecule is COC(=O)C1(Cn2c(=O)c(C#N)cc3ccccc32)CCC1. The summed E-state index contributed by atoms with van der Waals surface area (Å²) in [4.78, 5) is 24.7. The van der Waals surface area contributed by atoms with Gasteiger partial charge in [0.25, 0.3) is 5.56 Å². The number of ether oxygens (including phenoxy) is 1. The van der Waals surface area contributed by atoms with E-state index < -0.39 is 5.41 Å². The number of para-hydroxylation sites is 1. The van der Waals surface area contributed by atoms with Crippen LogP contribution in [0.15, 0.2) is 35.1 Å². The molecule has 0 bridgehead atoms. The summed E-state index contributed by atoms with van der Waals surface area (Å²) in [6.45, 7) is 0.258. The number of carbonyl (C=O) groups excluding carboxylic acids is 1. The Kier molecular flexibility index (Phi) is 3.45. The molecule has 0 saturated heterocycles. The highest BCUT2D eigenvalue weighted by molar-refractivity contribution is 5.81. The van der Waals surface area contributed by atoms with Gasteiger partial charge in [0.2, 0.25) is 0 Å². The van der Waals surface area contributed by atoms with Crippen LogP contribution in [0.3, 0.4) is 0 Å². The molecule has 0 radical (unpaired) electrons. The van der Waals surface area contributed by atoms with Crippen LogP contribution in [0.1, 0.15) is 24.8 Å². The van der Waals surface area contributed by atoms with Crippen LogP contribution in [-0.2, 0) is 16.1 Å². The molecular formula is C17H16N2O3. The number of hydrogen-bond donors (Lipinski definition) is 0. The van der Waals surface area contributed by atoms with Gasteiger partial charge >= 0.3 is 5.97 Å². The highest BCUT2D eigenvalue weighted by Crippen LogP contribution is 2.43. The van der Waals surface area contributed by atoms with Gasteiger partial charge in [-0.15, -0.1) is 0 Å². The number of pyridine rings is 1. The standard InChI is InChI=1S/C17H16N2O3/c1-22-16(21)17(7-4-8-17)11-19-14-6-3-2-5-12(14)9-13(10-18)15(19)20/h2-3,5-6,9H,4,7-8,11H2,1H3. The third-order valence-electron chi connectivity index (χ3n) is 4.51. The van der Waals surface area contributed by atoms with Crippen LogP contribution in [0.2, 0.25) is 0 Å². The second-order valence-corrected chi connectivity index (χ2v) is 5.75. The molecule has 1 heterocycles. The molecule has 22 heavy (non-hydrogen) atoms. The van der Waals surface area contributed by atoms with Crippen LogP contribution in [0.25, 0.3) is 10.9 Å². The first-order chi connectivity index (χ1) is 10.6. The zero-order valence-electron chi connectivity index (χ0n) is 12.3. The lowest BCUT2D eigenvalue weighted by Crippen LogP contribution is -2.45. The Morgan fingerprint density at radius 3 is 2.73 bits per heavy atom. The van der Waals surface area contributed by atoms with Gasteiger partial charge in [-0.1, -0.05) is 24.6 Å². The topological polar surface area (TPSA) is 72.1 Å². The summed E-state index contributed by atoms with van der Waals surface area (Å²) in [5, 5.41) is 9.99. The molecule has 1 aliphatic carbocycles. The second kappa shape index (κ2) is 5.30. The van der Waals surface area contributed by atoms with Crippen molar-refractivity contribution in [2.45, 2.75) is 25.8 Å². The molecule has 0 amide bonds. The fourth-order valence-electron chi connectivity index (χ4n) is 3.11. The zero-order valence-corrected chi connectivity index (χ0v) is 12.3. The van der Waals surface area contributed by atoms with E-state index in [4.69, 9.17) is 4.74 Å². The normalized spacial score (nSPS) is 15.8. The third-order valence-corrected chi connectivity index (χ3v) is 4.51. The number of rotatable bonds is 3. The molecule has 0 spiro atoms. The lowest BCUT2D eigenvalue weighted by molar-refractivity contribution is -0.159. The molecule has 0 aliphatic heterocycles. The fraction of sp³-hybridized carbons (Fsp3) is 0.353. The minimum absolute atomic E-state index is 0.0954. The Bertz CT molecular complexity index is 841. The summed E-state index contributed by atoms with van der Waals surface area (Å²) >= 11 is 0. The Balaban J connectivity index is 2.18. The van der Waals surface area contributed by atoms with Crippen molar-refractivity contribution in [2.24, 2.45) is 5.41 Å². The summed E-state index contributed by atoms with van der Waals surface area (Å²) in [5.74, 6) is -0.280. The van der Waals surface area contributed by atoms with Crippen molar-refractivity contribution in [2.75, 3.05) is 7.11 Å². The van der Waals surface area contributed by atoms with Crippen LogP contribution in [-0.4, -0.2) is 17.6 Å². The number of hydrogen-bond acceptors (Lipinski definition) is 4. The molecule has 1 saturated carbocycles. The number of fused-ring (bicyclic) bond motifs is 1. The van der Waals surface area contributed by atoms with E-state index >= 15 is 0 Å². The fourth-order valence-corrected chi connectivity index (χ4v) is 3.11. The Hall–Kier alpha value is -2.61. The highest BCUT2D eigenvalue weighted by Gasteiger charge is 2.46. The van der Waals surface area contributed by atoms with Crippen molar-refractivity contribution in [3.05, 3.63) is 46.2 Å². The predicted octanol–water partition coefficient (Wildman–Crippen LogP) is 2.22. The first-order valence-electron chi connectivity index (χ1n) is 7.22. The van der Waals surface area contributed by atoms with Crippen molar-refractivity contribution in [1.29, 1.82) is 5.26 Å². The van der Waals surface area contributed by atoms with Gasteiger partial charge in [0, 0.05) is 6.54 Å². The van der Waals surface area contributed by atoms with Crippen LogP contribution >= 0.6 is 0 Å². The highest BCUT2D eigenvalue weighted by atomic mass is 16.5. The number of esters is 1. The van der Waals surface area contributed by atoms with E-state index in [1.807, 2.05) is 30.3 Å². The summed E-state index contributed by atoms with van der Waals surface area (Å²) in [6, 6.07) is 10.9. The zero-order chi connectivity index (χ0) is 15.7. The predicted molar refractivity (Wildman–Crippen MR) is 81.2 cm³/mol. The minimum atomic E-state index is -0.643. The van der Waals surface area contributed by atoms with Gasteiger partial charge in [0.05, 0.1) is 18.0 Å². The molecule has 3 rings (SSSR count). The molecular weight excluding hydrogens is 280 g/mol. The molecule has 1 fully saturated rings. The van der Waals surface area contributed by atoms with E-state index in [0.717, 1.165) is 17.3 Å². The van der Waals surface area contributed by atoms with Crippen molar-refractivity contribution >= 4 is 16.9 Å². The molecule has 1 aromatic heterocycles. The van der Waals surface area contributed by atoms with Gasteiger partial charge in [0.1, 0.15) is 11.6 Å². The summed E-state index contributed by atoms with van der Waals surface area (Å²) in [7, 11) is 1.37. The lowest BCUT2D eigenvalue weighted by Gasteiger charge is -2.39. The van der Waals surface area contributed by atoms with Gasteiger partial charge in [-0.2, -0.15) is 5.26 Å². The van der Waals surface area contributed by atoms with Crippen molar-refractivity contribution in [3.8, 4) is 6.07 Å². The number of nitrogens with zero attached hydrogens (tertiary/aromatic N) is 2. The molecule has 0 N–H and O–H groups in total. The number of benzene rings is 1. The molecule has 5 nitrogen and oxygen atoms in total. The Morgan fingerprint density at radius 1 is 1.41 bits per heavy atom. The smallest absolute Gasteiger partial charge is 0.313 e. The maximum atomic E-state index is 12.5. The van der Waals surface area contributed by atoms with E-state index in [-0.39, 0.29) is 23.6 Å². The van der Waals surface area contributed by atoms with Crippen LogP contribution < -0.4 is 5.56 Å². The molecule has 1 aliphatic rings. The number of methoxy groups -OCH3 is 1. The number of aromatic nitrogens is 1. The summed E-state index contributed by atoms with van der Waals surface area (Å²) in [6.07, 6.45) is 2.36. The Morgan fingerprint density at radius 2 is 2.14 bits per heavy atom. The van der Waals surface area contributed by atoms with E-state index in [1.54, 1.807) is 10.6 Å². The second-order valence-electron chi connectivity index (χ2n) is 5.75. The summed E-state index contributed by atoms with van der Waals surface area (Å²) in [5.41, 5.74) is -0.161. The molecule has 0 unspecified atom stereocenters. The maximum absolute atomic E-state index is 12.5. The van der Waals surface area contributed by atoms with Gasteiger partial charge in [-0.05, 0) is 30.4 Å². The number of carbonyl (C=O) groups is 1. The Labute approximate surface area is 127 Å². The van der Waals surface area contributed by atoms with E-state index in [2.05, 4.69) is 0 Å². The van der Waals surface area contributed by atoms with Gasteiger partial charge in [0.15, 0.2) is 0 Å². The van der Waals surface area contributed by atoms with E-state index in [0.29, 0.717) is 12.8 Å². The average Bonchev–Trinajstić information content (AvgIpc) is 2.51. The van der Waals surface area contributed by atoms with Gasteiger partial charge in [-0.3, -0.25) is 9.59 Å². The molecule has 0 atom stereocenters. The van der Waals surface area contributed by atoms with Crippen molar-refractivity contribution in [3.63, 3.8) is 0 Å². The molecule has 1 aromatic carbocycles. The lowest BCUT2D eigenvalue weighted by atomic mass is 9.68. The van der Waals surface area contributed by atoms with E-state index in [1.165, 1.54) is 7.11 Å². The third kappa shape index (κ3) is 2.08. The molecule has 112 valence electrons. The molecule has 5 heteroatoms. The monoisotopic (exact) mass is 296 g/mol. The maximum Gasteiger partial charge on any atom is 0.313 e.